The molecule has 1 aliphatic heterocycles. The molecule has 1 aromatic carbocycles. The molecule has 1 N–H and O–H groups in total. The van der Waals surface area contributed by atoms with Crippen LogP contribution in [0.1, 0.15) is 18.9 Å². The summed E-state index contributed by atoms with van der Waals surface area (Å²) >= 11 is 1.19. The highest BCUT2D eigenvalue weighted by Crippen LogP contribution is 2.36. The molecule has 0 unspecified atom stereocenters. The first-order chi connectivity index (χ1) is 12.2. The van der Waals surface area contributed by atoms with E-state index in [1.54, 1.807) is 14.0 Å². The number of carbonyl (C=O) groups is 1. The molecule has 1 amide bonds. The summed E-state index contributed by atoms with van der Waals surface area (Å²) in [6.45, 7) is 2.99. The lowest BCUT2D eigenvalue weighted by Gasteiger charge is -2.23. The fraction of sp³-hybridized carbons (Fsp3) is 0.438. The van der Waals surface area contributed by atoms with Gasteiger partial charge in [-0.15, -0.1) is 10.2 Å². The van der Waals surface area contributed by atoms with Crippen LogP contribution in [0.2, 0.25) is 0 Å². The molecule has 0 radical (unpaired) electrons. The summed E-state index contributed by atoms with van der Waals surface area (Å²) in [7, 11) is 1.58. The second-order valence-electron chi connectivity index (χ2n) is 5.31. The van der Waals surface area contributed by atoms with E-state index in [-0.39, 0.29) is 17.8 Å². The average molecular weight is 365 g/mol. The van der Waals surface area contributed by atoms with Gasteiger partial charge in [-0.05, 0) is 19.1 Å². The number of hydrogen-bond acceptors (Lipinski definition) is 8. The minimum Gasteiger partial charge on any atom is -0.485 e. The van der Waals surface area contributed by atoms with Crippen LogP contribution < -0.4 is 14.8 Å². The van der Waals surface area contributed by atoms with Gasteiger partial charge >= 0.3 is 0 Å². The summed E-state index contributed by atoms with van der Waals surface area (Å²) in [4.78, 5) is 11.9. The number of hydrogen-bond donors (Lipinski definition) is 1. The van der Waals surface area contributed by atoms with E-state index in [9.17, 15) is 4.79 Å². The van der Waals surface area contributed by atoms with Gasteiger partial charge in [0.05, 0.1) is 11.9 Å². The Hall–Kier alpha value is -2.26. The summed E-state index contributed by atoms with van der Waals surface area (Å²) in [5.74, 6) is 1.53. The quantitative estimate of drug-likeness (QED) is 0.586. The van der Waals surface area contributed by atoms with E-state index < -0.39 is 6.10 Å². The van der Waals surface area contributed by atoms with E-state index in [4.69, 9.17) is 18.6 Å². The minimum absolute atomic E-state index is 0.118. The van der Waals surface area contributed by atoms with E-state index in [2.05, 4.69) is 15.5 Å². The molecule has 0 saturated heterocycles. The number of benzene rings is 1. The van der Waals surface area contributed by atoms with Crippen LogP contribution in [-0.2, 0) is 9.53 Å². The first-order valence-corrected chi connectivity index (χ1v) is 8.70. The fourth-order valence-corrected chi connectivity index (χ4v) is 2.88. The highest BCUT2D eigenvalue weighted by molar-refractivity contribution is 8.00. The van der Waals surface area contributed by atoms with Gasteiger partial charge in [-0.1, -0.05) is 23.9 Å². The number of carbonyl (C=O) groups excluding carboxylic acids is 1. The maximum absolute atomic E-state index is 11.9. The fourth-order valence-electron chi connectivity index (χ4n) is 2.16. The molecule has 2 heterocycles. The Morgan fingerprint density at radius 1 is 1.40 bits per heavy atom. The molecule has 0 bridgehead atoms. The van der Waals surface area contributed by atoms with E-state index in [1.807, 2.05) is 24.3 Å². The van der Waals surface area contributed by atoms with Gasteiger partial charge in [-0.2, -0.15) is 0 Å². The number of para-hydroxylation sites is 2. The highest BCUT2D eigenvalue weighted by Gasteiger charge is 2.28. The molecule has 2 atom stereocenters. The zero-order valence-electron chi connectivity index (χ0n) is 13.9. The number of rotatable bonds is 7. The van der Waals surface area contributed by atoms with Crippen LogP contribution in [0.4, 0.5) is 0 Å². The highest BCUT2D eigenvalue weighted by atomic mass is 32.2. The molecule has 0 aliphatic carbocycles. The van der Waals surface area contributed by atoms with Crippen LogP contribution in [0.15, 0.2) is 33.9 Å². The lowest BCUT2D eigenvalue weighted by molar-refractivity contribution is -0.120. The molecule has 0 spiro atoms. The molecule has 1 aliphatic rings. The monoisotopic (exact) mass is 365 g/mol. The number of methoxy groups -OCH3 is 1. The van der Waals surface area contributed by atoms with E-state index in [0.29, 0.717) is 35.8 Å². The second kappa shape index (κ2) is 8.21. The number of aromatic nitrogens is 2. The molecule has 134 valence electrons. The van der Waals surface area contributed by atoms with Crippen LogP contribution >= 0.6 is 11.8 Å². The Balaban J connectivity index is 1.57. The Labute approximate surface area is 149 Å². The summed E-state index contributed by atoms with van der Waals surface area (Å²) in [5, 5.41) is 10.7. The van der Waals surface area contributed by atoms with Crippen molar-refractivity contribution in [1.82, 2.24) is 15.5 Å². The SMILES string of the molecule is COCCNC(=O)[C@H](C)Sc1nnc([C@H]2COc3ccccc3O2)o1. The Morgan fingerprint density at radius 2 is 2.20 bits per heavy atom. The number of nitrogens with zero attached hydrogens (tertiary/aromatic N) is 2. The predicted octanol–water partition coefficient (Wildman–Crippen LogP) is 1.83. The van der Waals surface area contributed by atoms with Gasteiger partial charge in [0.1, 0.15) is 6.61 Å². The van der Waals surface area contributed by atoms with Crippen molar-refractivity contribution < 1.29 is 23.4 Å². The zero-order chi connectivity index (χ0) is 17.6. The molecule has 3 rings (SSSR count). The maximum atomic E-state index is 11.9. The average Bonchev–Trinajstić information content (AvgIpc) is 3.10. The minimum atomic E-state index is -0.470. The van der Waals surface area contributed by atoms with Gasteiger partial charge in [0.2, 0.25) is 12.0 Å². The molecule has 1 aromatic heterocycles. The topological polar surface area (TPSA) is 95.7 Å². The molecule has 0 fully saturated rings. The van der Waals surface area contributed by atoms with Crippen molar-refractivity contribution >= 4 is 17.7 Å². The van der Waals surface area contributed by atoms with Crippen LogP contribution in [0, 0.1) is 0 Å². The first kappa shape index (κ1) is 17.6. The van der Waals surface area contributed by atoms with Gasteiger partial charge in [0.15, 0.2) is 11.5 Å². The van der Waals surface area contributed by atoms with Crippen LogP contribution in [0.3, 0.4) is 0 Å². The van der Waals surface area contributed by atoms with Crippen molar-refractivity contribution in [2.24, 2.45) is 0 Å². The van der Waals surface area contributed by atoms with Crippen LogP contribution in [0.25, 0.3) is 0 Å². The van der Waals surface area contributed by atoms with Gasteiger partial charge in [0, 0.05) is 13.7 Å². The summed E-state index contributed by atoms with van der Waals surface area (Å²) in [6.07, 6.45) is -0.470. The summed E-state index contributed by atoms with van der Waals surface area (Å²) in [6, 6.07) is 7.40. The zero-order valence-corrected chi connectivity index (χ0v) is 14.7. The number of fused-ring (bicyclic) bond motifs is 1. The van der Waals surface area contributed by atoms with Crippen molar-refractivity contribution in [1.29, 1.82) is 0 Å². The third-order valence-electron chi connectivity index (χ3n) is 3.46. The van der Waals surface area contributed by atoms with Crippen molar-refractivity contribution in [2.75, 3.05) is 26.9 Å². The largest absolute Gasteiger partial charge is 0.485 e. The van der Waals surface area contributed by atoms with Gasteiger partial charge in [0.25, 0.3) is 11.1 Å². The number of amides is 1. The van der Waals surface area contributed by atoms with E-state index in [1.165, 1.54) is 11.8 Å². The first-order valence-electron chi connectivity index (χ1n) is 7.82. The molecule has 25 heavy (non-hydrogen) atoms. The van der Waals surface area contributed by atoms with E-state index in [0.717, 1.165) is 0 Å². The third-order valence-corrected chi connectivity index (χ3v) is 4.39. The van der Waals surface area contributed by atoms with E-state index >= 15 is 0 Å². The second-order valence-corrected chi connectivity index (χ2v) is 6.61. The molecule has 0 saturated carbocycles. The smallest absolute Gasteiger partial charge is 0.277 e. The number of nitrogens with one attached hydrogen (secondary N) is 1. The predicted molar refractivity (Wildman–Crippen MR) is 89.8 cm³/mol. The Morgan fingerprint density at radius 3 is 3.00 bits per heavy atom. The normalized spacial score (nSPS) is 17.1. The van der Waals surface area contributed by atoms with Crippen molar-refractivity contribution in [3.63, 3.8) is 0 Å². The van der Waals surface area contributed by atoms with Crippen LogP contribution in [-0.4, -0.2) is 48.2 Å². The van der Waals surface area contributed by atoms with Crippen molar-refractivity contribution in [3.8, 4) is 11.5 Å². The van der Waals surface area contributed by atoms with Crippen LogP contribution in [0.5, 0.6) is 11.5 Å². The lowest BCUT2D eigenvalue weighted by atomic mass is 10.2. The number of ether oxygens (including phenoxy) is 3. The van der Waals surface area contributed by atoms with Crippen molar-refractivity contribution in [3.05, 3.63) is 30.2 Å². The standard InChI is InChI=1S/C16H19N3O5S/c1-10(14(20)17-7-8-21-2)25-16-19-18-15(24-16)13-9-22-11-5-3-4-6-12(11)23-13/h3-6,10,13H,7-9H2,1-2H3,(H,17,20)/t10-,13+/m0/s1. The van der Waals surface area contributed by atoms with Gasteiger partial charge < -0.3 is 23.9 Å². The maximum Gasteiger partial charge on any atom is 0.277 e. The molecular formula is C16H19N3O5S. The molecule has 2 aromatic rings. The van der Waals surface area contributed by atoms with Crippen molar-refractivity contribution in [2.45, 2.75) is 23.5 Å². The molecule has 9 heteroatoms. The van der Waals surface area contributed by atoms with Gasteiger partial charge in [-0.3, -0.25) is 4.79 Å². The summed E-state index contributed by atoms with van der Waals surface area (Å²) < 4.78 is 22.0. The van der Waals surface area contributed by atoms with Gasteiger partial charge in [-0.25, -0.2) is 0 Å². The molecule has 8 nitrogen and oxygen atoms in total. The summed E-state index contributed by atoms with van der Waals surface area (Å²) in [5.41, 5.74) is 0. The molecular weight excluding hydrogens is 346 g/mol. The Bertz CT molecular complexity index is 723. The lowest BCUT2D eigenvalue weighted by Crippen LogP contribution is -2.33. The number of thioether (sulfide) groups is 1. The Kier molecular flexibility index (Phi) is 5.77. The third kappa shape index (κ3) is 4.43.